The molecular weight excluding hydrogens is 422 g/mol. The van der Waals surface area contributed by atoms with E-state index < -0.39 is 6.09 Å². The summed E-state index contributed by atoms with van der Waals surface area (Å²) in [6.45, 7) is 1.38. The van der Waals surface area contributed by atoms with Gasteiger partial charge in [0.05, 0.1) is 32.8 Å². The fourth-order valence-corrected chi connectivity index (χ4v) is 5.20. The number of carboxylic acid groups (broad SMARTS) is 1. The van der Waals surface area contributed by atoms with Crippen LogP contribution in [0.5, 0.6) is 5.19 Å². The van der Waals surface area contributed by atoms with Gasteiger partial charge in [-0.2, -0.15) is 5.10 Å². The van der Waals surface area contributed by atoms with Crippen LogP contribution in [0.15, 0.2) is 12.3 Å². The van der Waals surface area contributed by atoms with E-state index in [4.69, 9.17) is 9.47 Å². The molecule has 0 radical (unpaired) electrons. The average molecular weight is 450 g/mol. The summed E-state index contributed by atoms with van der Waals surface area (Å²) in [7, 11) is 1.55. The third kappa shape index (κ3) is 5.34. The number of anilines is 1. The molecule has 2 aromatic rings. The molecule has 1 saturated carbocycles. The lowest BCUT2D eigenvalue weighted by Crippen LogP contribution is -2.48. The predicted octanol–water partition coefficient (Wildman–Crippen LogP) is 2.71. The van der Waals surface area contributed by atoms with E-state index >= 15 is 0 Å². The van der Waals surface area contributed by atoms with E-state index in [1.54, 1.807) is 13.3 Å². The Morgan fingerprint density at radius 3 is 3.10 bits per heavy atom. The smallest absolute Gasteiger partial charge is 0.407 e. The molecule has 4 rings (SSSR count). The maximum atomic E-state index is 12.3. The summed E-state index contributed by atoms with van der Waals surface area (Å²) in [5.74, 6) is 1.13. The molecule has 31 heavy (non-hydrogen) atoms. The Bertz CT molecular complexity index is 915. The molecule has 10 nitrogen and oxygen atoms in total. The van der Waals surface area contributed by atoms with Crippen LogP contribution in [-0.2, 0) is 16.0 Å². The lowest BCUT2D eigenvalue weighted by Gasteiger charge is -2.34. The van der Waals surface area contributed by atoms with E-state index in [1.165, 1.54) is 16.2 Å². The molecule has 3 heterocycles. The topological polar surface area (TPSA) is 130 Å². The SMILES string of the molecule is COc1ncc(CC(=O)Nc2cc(C3CCC(C[C@H]4COCCN4C(=O)O)C3)[nH]n2)s1. The van der Waals surface area contributed by atoms with E-state index in [1.807, 2.05) is 6.07 Å². The number of amides is 2. The number of nitrogens with zero attached hydrogens (tertiary/aromatic N) is 3. The van der Waals surface area contributed by atoms with Gasteiger partial charge in [0.15, 0.2) is 5.82 Å². The second kappa shape index (κ2) is 9.65. The van der Waals surface area contributed by atoms with Crippen molar-refractivity contribution in [2.45, 2.75) is 44.1 Å². The van der Waals surface area contributed by atoms with Crippen LogP contribution in [0.25, 0.3) is 0 Å². The number of thiazole rings is 1. The van der Waals surface area contributed by atoms with Gasteiger partial charge in [-0.05, 0) is 31.6 Å². The van der Waals surface area contributed by atoms with Crippen molar-refractivity contribution >= 4 is 29.2 Å². The zero-order valence-corrected chi connectivity index (χ0v) is 18.2. The molecule has 0 bridgehead atoms. The number of ether oxygens (including phenoxy) is 2. The summed E-state index contributed by atoms with van der Waals surface area (Å²) in [4.78, 5) is 30.1. The maximum Gasteiger partial charge on any atom is 0.407 e. The molecule has 0 aromatic carbocycles. The minimum absolute atomic E-state index is 0.0722. The van der Waals surface area contributed by atoms with Crippen LogP contribution in [-0.4, -0.2) is 70.1 Å². The van der Waals surface area contributed by atoms with Crippen LogP contribution in [0.4, 0.5) is 10.6 Å². The Morgan fingerprint density at radius 2 is 2.32 bits per heavy atom. The van der Waals surface area contributed by atoms with E-state index in [2.05, 4.69) is 20.5 Å². The fourth-order valence-electron chi connectivity index (χ4n) is 4.48. The van der Waals surface area contributed by atoms with Crippen molar-refractivity contribution in [1.29, 1.82) is 0 Å². The van der Waals surface area contributed by atoms with Crippen LogP contribution in [0.3, 0.4) is 0 Å². The van der Waals surface area contributed by atoms with E-state index in [0.717, 1.165) is 36.3 Å². The second-order valence-electron chi connectivity index (χ2n) is 8.05. The highest BCUT2D eigenvalue weighted by Crippen LogP contribution is 2.40. The molecule has 2 amide bonds. The fraction of sp³-hybridized carbons (Fsp3) is 0.600. The number of aromatic nitrogens is 3. The lowest BCUT2D eigenvalue weighted by atomic mass is 9.95. The predicted molar refractivity (Wildman–Crippen MR) is 114 cm³/mol. The first-order valence-corrected chi connectivity index (χ1v) is 11.2. The number of carbonyl (C=O) groups excluding carboxylic acids is 1. The molecule has 0 spiro atoms. The van der Waals surface area contributed by atoms with Gasteiger partial charge < -0.3 is 24.8 Å². The summed E-state index contributed by atoms with van der Waals surface area (Å²) in [5, 5.41) is 20.1. The molecule has 2 aromatic heterocycles. The van der Waals surface area contributed by atoms with Gasteiger partial charge in [-0.1, -0.05) is 11.3 Å². The van der Waals surface area contributed by atoms with Gasteiger partial charge >= 0.3 is 6.09 Å². The average Bonchev–Trinajstić information content (AvgIpc) is 3.49. The van der Waals surface area contributed by atoms with Crippen LogP contribution >= 0.6 is 11.3 Å². The van der Waals surface area contributed by atoms with Gasteiger partial charge in [0.2, 0.25) is 5.91 Å². The number of hydrogen-bond donors (Lipinski definition) is 3. The Balaban J connectivity index is 1.28. The number of aromatic amines is 1. The standard InChI is InChI=1S/C20H27N5O5S/c1-29-19-21-10-15(31-19)8-18(26)22-17-9-16(23-24-17)13-3-2-12(6-13)7-14-11-30-5-4-25(14)20(27)28/h9-10,12-14H,2-8,11H2,1H3,(H,27,28)(H2,22,23,24,26)/t12?,13?,14-/m0/s1. The minimum atomic E-state index is -0.867. The Kier molecular flexibility index (Phi) is 6.71. The first kappa shape index (κ1) is 21.6. The first-order valence-electron chi connectivity index (χ1n) is 10.4. The highest BCUT2D eigenvalue weighted by atomic mass is 32.1. The largest absolute Gasteiger partial charge is 0.473 e. The lowest BCUT2D eigenvalue weighted by molar-refractivity contribution is -0.115. The molecule has 1 aliphatic carbocycles. The van der Waals surface area contributed by atoms with Gasteiger partial charge in [0.1, 0.15) is 0 Å². The van der Waals surface area contributed by atoms with Crippen molar-refractivity contribution in [3.8, 4) is 5.19 Å². The number of carbonyl (C=O) groups is 2. The van der Waals surface area contributed by atoms with Gasteiger partial charge in [-0.3, -0.25) is 9.89 Å². The third-order valence-electron chi connectivity index (χ3n) is 5.97. The summed E-state index contributed by atoms with van der Waals surface area (Å²) in [6, 6.07) is 1.82. The van der Waals surface area contributed by atoms with Gasteiger partial charge in [0.25, 0.3) is 5.19 Å². The Morgan fingerprint density at radius 1 is 1.45 bits per heavy atom. The number of methoxy groups -OCH3 is 1. The first-order chi connectivity index (χ1) is 15.0. The molecule has 168 valence electrons. The molecule has 2 fully saturated rings. The van der Waals surface area contributed by atoms with E-state index in [9.17, 15) is 14.7 Å². The quantitative estimate of drug-likeness (QED) is 0.592. The highest BCUT2D eigenvalue weighted by Gasteiger charge is 2.33. The van der Waals surface area contributed by atoms with Crippen LogP contribution in [0, 0.1) is 5.92 Å². The summed E-state index contributed by atoms with van der Waals surface area (Å²) in [6.07, 6.45) is 4.84. The van der Waals surface area contributed by atoms with Crippen molar-refractivity contribution in [2.75, 3.05) is 32.2 Å². The molecular formula is C20H27N5O5S. The number of morpholine rings is 1. The minimum Gasteiger partial charge on any atom is -0.473 e. The van der Waals surface area contributed by atoms with E-state index in [-0.39, 0.29) is 18.4 Å². The Hall–Kier alpha value is -2.66. The number of rotatable bonds is 7. The number of H-pyrrole nitrogens is 1. The van der Waals surface area contributed by atoms with Gasteiger partial charge in [-0.25, -0.2) is 9.78 Å². The van der Waals surface area contributed by atoms with Crippen molar-refractivity contribution in [3.63, 3.8) is 0 Å². The van der Waals surface area contributed by atoms with Crippen LogP contribution in [0.2, 0.25) is 0 Å². The molecule has 2 aliphatic rings. The van der Waals surface area contributed by atoms with Gasteiger partial charge in [-0.15, -0.1) is 0 Å². The zero-order valence-electron chi connectivity index (χ0n) is 17.4. The maximum absolute atomic E-state index is 12.3. The summed E-state index contributed by atoms with van der Waals surface area (Å²) >= 11 is 1.34. The molecule has 11 heteroatoms. The molecule has 1 saturated heterocycles. The Labute approximate surface area is 183 Å². The van der Waals surface area contributed by atoms with Crippen LogP contribution in [0.1, 0.15) is 42.2 Å². The molecule has 2 unspecified atom stereocenters. The number of nitrogens with one attached hydrogen (secondary N) is 2. The third-order valence-corrected chi connectivity index (χ3v) is 6.93. The van der Waals surface area contributed by atoms with E-state index in [0.29, 0.717) is 42.6 Å². The summed E-state index contributed by atoms with van der Waals surface area (Å²) < 4.78 is 10.6. The number of hydrogen-bond acceptors (Lipinski definition) is 7. The normalized spacial score (nSPS) is 23.6. The molecule has 3 atom stereocenters. The van der Waals surface area contributed by atoms with Gasteiger partial charge in [0, 0.05) is 35.3 Å². The van der Waals surface area contributed by atoms with Crippen molar-refractivity contribution in [2.24, 2.45) is 5.92 Å². The second-order valence-corrected chi connectivity index (χ2v) is 9.12. The van der Waals surface area contributed by atoms with Crippen molar-refractivity contribution < 1.29 is 24.2 Å². The van der Waals surface area contributed by atoms with Crippen LogP contribution < -0.4 is 10.1 Å². The molecule has 3 N–H and O–H groups in total. The molecule has 1 aliphatic heterocycles. The monoisotopic (exact) mass is 449 g/mol. The highest BCUT2D eigenvalue weighted by molar-refractivity contribution is 7.13. The summed E-state index contributed by atoms with van der Waals surface area (Å²) in [5.41, 5.74) is 1.01. The van der Waals surface area contributed by atoms with Crippen molar-refractivity contribution in [3.05, 3.63) is 22.8 Å². The zero-order chi connectivity index (χ0) is 21.8. The van der Waals surface area contributed by atoms with Crippen molar-refractivity contribution in [1.82, 2.24) is 20.1 Å².